The second-order valence-electron chi connectivity index (χ2n) is 26.4. The molecule has 0 bridgehead atoms. The first-order valence-corrected chi connectivity index (χ1v) is 50.9. The average molecular weight is 2030 g/mol. The van der Waals surface area contributed by atoms with Gasteiger partial charge in [-0.05, 0) is 192 Å². The Morgan fingerprint density at radius 3 is 1.13 bits per heavy atom. The summed E-state index contributed by atoms with van der Waals surface area (Å²) in [5.41, 5.74) is 31.3. The van der Waals surface area contributed by atoms with Crippen molar-refractivity contribution >= 4 is 253 Å². The van der Waals surface area contributed by atoms with E-state index >= 15 is 0 Å². The Morgan fingerprint density at radius 2 is 0.752 bits per heavy atom. The predicted molar refractivity (Wildman–Crippen MR) is 512 cm³/mol. The van der Waals surface area contributed by atoms with Gasteiger partial charge in [0.2, 0.25) is 0 Å². The summed E-state index contributed by atoms with van der Waals surface area (Å²) in [6.07, 6.45) is 9.06. The van der Waals surface area contributed by atoms with E-state index in [4.69, 9.17) is 27.2 Å². The average Bonchev–Trinajstić information content (AvgIpc) is 1.71. The third kappa shape index (κ3) is 27.6. The number of hydrogen-bond acceptors (Lipinski definition) is 17. The van der Waals surface area contributed by atoms with Gasteiger partial charge in [0.1, 0.15) is 16.3 Å². The minimum Gasteiger partial charge on any atom is -0.399 e. The first-order chi connectivity index (χ1) is 51.8. The molecular formula is C86H98Br4IN11OS5Sn. The zero-order chi connectivity index (χ0) is 78.0. The van der Waals surface area contributed by atoms with E-state index in [1.807, 2.05) is 141 Å². The van der Waals surface area contributed by atoms with Crippen molar-refractivity contribution in [2.75, 3.05) is 93.2 Å². The van der Waals surface area contributed by atoms with Crippen LogP contribution in [0.3, 0.4) is 0 Å². The van der Waals surface area contributed by atoms with Crippen LogP contribution in [0, 0.1) is 3.57 Å². The Kier molecular flexibility index (Phi) is 37.1. The van der Waals surface area contributed by atoms with Crippen LogP contribution in [-0.2, 0) is 0 Å². The number of hydrogen-bond donors (Lipinski definition) is 4. The van der Waals surface area contributed by atoms with Crippen molar-refractivity contribution in [1.82, 2.24) is 19.9 Å². The number of thiol groups is 1. The summed E-state index contributed by atoms with van der Waals surface area (Å²) in [5, 5.41) is 3.92. The molecule has 0 unspecified atom stereocenters. The van der Waals surface area contributed by atoms with Crippen LogP contribution in [0.15, 0.2) is 235 Å². The first-order valence-electron chi connectivity index (χ1n) is 35.4. The molecule has 23 heteroatoms. The van der Waals surface area contributed by atoms with E-state index in [1.165, 1.54) is 120 Å². The van der Waals surface area contributed by atoms with Gasteiger partial charge in [0.15, 0.2) is 5.13 Å². The topological polar surface area (TPSA) is 160 Å². The van der Waals surface area contributed by atoms with Gasteiger partial charge in [-0.2, -0.15) is 0 Å². The van der Waals surface area contributed by atoms with Crippen LogP contribution in [-0.4, -0.2) is 101 Å². The molecule has 10 aromatic carbocycles. The molecule has 0 spiro atoms. The van der Waals surface area contributed by atoms with E-state index in [0.29, 0.717) is 10.8 Å². The predicted octanol–water partition coefficient (Wildman–Crippen LogP) is 26.7. The third-order valence-corrected chi connectivity index (χ3v) is 40.1. The molecule has 0 saturated carbocycles. The maximum Gasteiger partial charge on any atom is 0.181 e. The summed E-state index contributed by atoms with van der Waals surface area (Å²) < 4.78 is 16.8. The molecule has 6 N–H and O–H groups in total. The molecule has 0 radical (unpaired) electrons. The minimum absolute atomic E-state index is 0. The zero-order valence-electron chi connectivity index (χ0n) is 62.8. The van der Waals surface area contributed by atoms with Crippen LogP contribution in [0.2, 0.25) is 13.3 Å². The number of anilines is 7. The molecule has 14 aromatic rings. The van der Waals surface area contributed by atoms with Crippen LogP contribution >= 0.6 is 144 Å². The Balaban J connectivity index is 0.000000186. The van der Waals surface area contributed by atoms with Gasteiger partial charge in [0.25, 0.3) is 0 Å². The van der Waals surface area contributed by atoms with Gasteiger partial charge in [-0.25, -0.2) is 15.0 Å². The number of aldehydes is 1. The number of halogens is 5. The van der Waals surface area contributed by atoms with Crippen molar-refractivity contribution < 1.29 is 4.79 Å². The smallest absolute Gasteiger partial charge is 0.181 e. The summed E-state index contributed by atoms with van der Waals surface area (Å²) in [5.74, 6) is 0. The van der Waals surface area contributed by atoms with Crippen molar-refractivity contribution in [1.29, 1.82) is 0 Å². The number of nitrogens with zero attached hydrogens (tertiary/aromatic N) is 8. The van der Waals surface area contributed by atoms with E-state index < -0.39 is 18.4 Å². The second kappa shape index (κ2) is 44.9. The molecule has 572 valence electrons. The number of carbonyl (C=O) groups excluding carboxylic acids is 1. The van der Waals surface area contributed by atoms with E-state index in [9.17, 15) is 4.79 Å². The summed E-state index contributed by atoms with van der Waals surface area (Å²) in [6.45, 7) is 7.07. The maximum absolute atomic E-state index is 10.3. The summed E-state index contributed by atoms with van der Waals surface area (Å²) >= 11 is 24.4. The van der Waals surface area contributed by atoms with Crippen LogP contribution in [0.5, 0.6) is 0 Å². The fraction of sp³-hybridized carbons (Fsp3) is 0.244. The van der Waals surface area contributed by atoms with Crippen LogP contribution < -0.4 is 40.4 Å². The van der Waals surface area contributed by atoms with Crippen LogP contribution in [0.4, 0.5) is 39.3 Å². The van der Waals surface area contributed by atoms with Gasteiger partial charge < -0.3 is 31.9 Å². The maximum atomic E-state index is 10.3. The molecule has 0 aliphatic heterocycles. The summed E-state index contributed by atoms with van der Waals surface area (Å²) in [6, 6.07) is 72.2. The number of rotatable bonds is 18. The fourth-order valence-corrected chi connectivity index (χ4v) is 34.0. The Labute approximate surface area is 718 Å². The Bertz CT molecular complexity index is 4950. The number of fused-ring (bicyclic) bond motifs is 4. The molecular weight excluding hydrogens is 1930 g/mol. The molecule has 0 aliphatic rings. The minimum atomic E-state index is -2.39. The number of nitrogen functional groups attached to an aromatic ring is 3. The van der Waals surface area contributed by atoms with Crippen molar-refractivity contribution in [3.8, 4) is 31.7 Å². The normalized spacial score (nSPS) is 10.7. The van der Waals surface area contributed by atoms with Gasteiger partial charge in [0, 0.05) is 114 Å². The number of thiazole rings is 4. The van der Waals surface area contributed by atoms with Gasteiger partial charge in [0.05, 0.1) is 30.6 Å². The number of aromatic nitrogens is 4. The number of nitrogens with two attached hydrogens (primary N) is 3. The number of carbonyl (C=O) groups is 1. The molecule has 12 nitrogen and oxygen atoms in total. The molecule has 14 rings (SSSR count). The molecule has 0 fully saturated rings. The Morgan fingerprint density at radius 1 is 0.413 bits per heavy atom. The van der Waals surface area contributed by atoms with Crippen LogP contribution in [0.1, 0.15) is 77.1 Å². The van der Waals surface area contributed by atoms with Crippen LogP contribution in [0.25, 0.3) is 72.6 Å². The van der Waals surface area contributed by atoms with Crippen molar-refractivity contribution in [3.63, 3.8) is 0 Å². The largest absolute Gasteiger partial charge is 0.399 e. The first kappa shape index (κ1) is 90.0. The fourth-order valence-electron chi connectivity index (χ4n) is 11.2. The van der Waals surface area contributed by atoms with E-state index in [1.54, 1.807) is 26.3 Å². The standard InChI is InChI=1S/C15H13BrN2S.C15H13IN2S.C15H13N2S.C9H11NO.C7H5BrN2S.C6H6BrNS.C6H6BrN.3C4H9.CH4.Sn/c2*1-18(2)12-6-3-10(4-7-12)15-17-13-8-5-11(16)9-14(13)19-15;1-17(2)12-9-7-11(8-10-12)15-16-13-5-3-4-6-14(13)18-15;1-10(2)9-5-3-8(7-11)4-6-9;8-4-1-2-5-6(3-4)11-7(9)10-5;7-4-1-2-5(8)6(9)3-4;7-5-1-3-6(8)4-2-5;3*1-3-4-2;;/h2*3-9H,1-2H3;3,5-10H,1-2H3;3-7H,1-2H3;1-3H,(H2,9,10);1-3,9H,8H2;1-4H,8H2;3*1,3-4H2,2H3;1H4;. The molecule has 109 heavy (non-hydrogen) atoms. The molecule has 0 saturated heterocycles. The number of benzene rings is 10. The van der Waals surface area contributed by atoms with Gasteiger partial charge in [-0.3, -0.25) is 4.79 Å². The molecule has 4 aromatic heterocycles. The van der Waals surface area contributed by atoms with Gasteiger partial charge in [-0.1, -0.05) is 82.5 Å². The van der Waals surface area contributed by atoms with Crippen molar-refractivity contribution in [2.45, 2.75) is 84.9 Å². The molecule has 4 heterocycles. The van der Waals surface area contributed by atoms with Gasteiger partial charge >= 0.3 is 199 Å². The molecule has 0 aliphatic carbocycles. The van der Waals surface area contributed by atoms with E-state index in [2.05, 4.69) is 288 Å². The molecule has 0 atom stereocenters. The van der Waals surface area contributed by atoms with E-state index in [-0.39, 0.29) is 7.43 Å². The summed E-state index contributed by atoms with van der Waals surface area (Å²) in [7, 11) is 16.3. The molecule has 0 amide bonds. The zero-order valence-corrected chi connectivity index (χ0v) is 78.4. The summed E-state index contributed by atoms with van der Waals surface area (Å²) in [4.78, 5) is 37.9. The van der Waals surface area contributed by atoms with E-state index in [0.717, 1.165) is 82.3 Å². The number of unbranched alkanes of at least 4 members (excludes halogenated alkanes) is 3. The monoisotopic (exact) mass is 2020 g/mol. The van der Waals surface area contributed by atoms with Gasteiger partial charge in [-0.15, -0.1) is 35.3 Å². The quantitative estimate of drug-likeness (QED) is 0.0212. The second-order valence-corrected chi connectivity index (χ2v) is 49.2. The Hall–Kier alpha value is -6.17. The SMILES string of the molecule is C.CCC[CH2][Sn]([CH2]CCC)([CH2]CCC)[c]1ccc2nc(-c3ccc(N(C)C)cc3)sc2c1.CN(C)c1ccc(-c2nc3ccc(Br)cc3s2)cc1.CN(C)c1ccc(-c2nc3ccc(I)cc3s2)cc1.CN(C)c1ccc(C=O)cc1.Nc1ccc(Br)cc1.Nc1ccc(Br)cc1S.Nc1nc2ccc(Br)cc2s1. The van der Waals surface area contributed by atoms with Crippen molar-refractivity contribution in [2.24, 2.45) is 0 Å². The van der Waals surface area contributed by atoms with Crippen molar-refractivity contribution in [3.05, 3.63) is 239 Å². The third-order valence-electron chi connectivity index (χ3n) is 17.4.